The van der Waals surface area contributed by atoms with Crippen molar-refractivity contribution in [1.82, 2.24) is 4.57 Å². The van der Waals surface area contributed by atoms with Crippen molar-refractivity contribution in [3.8, 4) is 5.75 Å². The first-order chi connectivity index (χ1) is 5.74. The molecular formula is C8H10N2O2. The maximum atomic E-state index is 9.56. The van der Waals surface area contributed by atoms with Crippen LogP contribution in [-0.4, -0.2) is 9.67 Å². The molecule has 0 radical (unpaired) electrons. The van der Waals surface area contributed by atoms with E-state index >= 15 is 0 Å². The number of rotatable bonds is 1. The number of aryl methyl sites for hydroxylation is 1. The molecule has 0 aliphatic carbocycles. The molecule has 2 rings (SSSR count). The molecule has 0 aliphatic rings. The van der Waals surface area contributed by atoms with Gasteiger partial charge in [-0.15, -0.1) is 0 Å². The maximum absolute atomic E-state index is 9.56. The van der Waals surface area contributed by atoms with E-state index in [0.717, 1.165) is 0 Å². The summed E-state index contributed by atoms with van der Waals surface area (Å²) in [4.78, 5) is 0. The predicted octanol–water partition coefficient (Wildman–Crippen LogP) is 0.936. The summed E-state index contributed by atoms with van der Waals surface area (Å²) in [6, 6.07) is 1.80. The van der Waals surface area contributed by atoms with Gasteiger partial charge in [-0.05, 0) is 6.07 Å². The van der Waals surface area contributed by atoms with Crippen molar-refractivity contribution in [3.05, 3.63) is 18.0 Å². The fraction of sp³-hybridized carbons (Fsp3) is 0.250. The predicted molar refractivity (Wildman–Crippen MR) is 44.7 cm³/mol. The topological polar surface area (TPSA) is 64.3 Å². The first-order valence-electron chi connectivity index (χ1n) is 3.69. The lowest BCUT2D eigenvalue weighted by molar-refractivity contribution is 0.440. The molecule has 0 saturated carbocycles. The van der Waals surface area contributed by atoms with Gasteiger partial charge in [0.05, 0.1) is 6.54 Å². The molecule has 0 aromatic carbocycles. The van der Waals surface area contributed by atoms with E-state index in [9.17, 15) is 5.11 Å². The van der Waals surface area contributed by atoms with Gasteiger partial charge in [-0.2, -0.15) is 0 Å². The van der Waals surface area contributed by atoms with E-state index < -0.39 is 0 Å². The van der Waals surface area contributed by atoms with Gasteiger partial charge in [-0.1, -0.05) is 0 Å². The van der Waals surface area contributed by atoms with Crippen LogP contribution in [0.2, 0.25) is 0 Å². The summed E-state index contributed by atoms with van der Waals surface area (Å²) in [6.07, 6.45) is 1.83. The Morgan fingerprint density at radius 2 is 2.42 bits per heavy atom. The minimum Gasteiger partial charge on any atom is -0.503 e. The van der Waals surface area contributed by atoms with Crippen LogP contribution in [0, 0.1) is 0 Å². The number of furan rings is 1. The zero-order chi connectivity index (χ0) is 8.72. The molecule has 0 amide bonds. The molecule has 2 aromatic heterocycles. The van der Waals surface area contributed by atoms with E-state index in [0.29, 0.717) is 16.9 Å². The molecule has 2 heterocycles. The van der Waals surface area contributed by atoms with Crippen molar-refractivity contribution < 1.29 is 9.52 Å². The lowest BCUT2D eigenvalue weighted by atomic mass is 10.4. The van der Waals surface area contributed by atoms with E-state index in [1.807, 2.05) is 13.2 Å². The summed E-state index contributed by atoms with van der Waals surface area (Å²) in [5.74, 6) is 0.594. The third kappa shape index (κ3) is 0.753. The van der Waals surface area contributed by atoms with Crippen LogP contribution >= 0.6 is 0 Å². The number of hydrogen-bond acceptors (Lipinski definition) is 3. The van der Waals surface area contributed by atoms with Gasteiger partial charge in [0, 0.05) is 13.2 Å². The molecule has 0 fully saturated rings. The Hall–Kier alpha value is -1.42. The zero-order valence-electron chi connectivity index (χ0n) is 6.74. The van der Waals surface area contributed by atoms with Gasteiger partial charge in [-0.3, -0.25) is 0 Å². The van der Waals surface area contributed by atoms with Crippen molar-refractivity contribution in [2.24, 2.45) is 12.8 Å². The van der Waals surface area contributed by atoms with Crippen LogP contribution in [0.15, 0.2) is 16.7 Å². The second-order valence-electron chi connectivity index (χ2n) is 2.72. The third-order valence-electron chi connectivity index (χ3n) is 1.94. The van der Waals surface area contributed by atoms with Gasteiger partial charge in [-0.25, -0.2) is 0 Å². The molecule has 0 spiro atoms. The molecule has 0 unspecified atom stereocenters. The van der Waals surface area contributed by atoms with Crippen molar-refractivity contribution >= 4 is 11.1 Å². The molecule has 0 aliphatic heterocycles. The summed E-state index contributed by atoms with van der Waals surface area (Å²) < 4.78 is 7.07. The average Bonchev–Trinajstić information content (AvgIpc) is 2.55. The Morgan fingerprint density at radius 3 is 3.00 bits per heavy atom. The number of fused-ring (bicyclic) bond motifs is 1. The Balaban J connectivity index is 2.80. The largest absolute Gasteiger partial charge is 0.503 e. The number of aromatic nitrogens is 1. The zero-order valence-corrected chi connectivity index (χ0v) is 6.74. The molecule has 0 atom stereocenters. The monoisotopic (exact) mass is 166 g/mol. The highest BCUT2D eigenvalue weighted by atomic mass is 16.4. The van der Waals surface area contributed by atoms with Gasteiger partial charge in [0.15, 0.2) is 17.1 Å². The van der Waals surface area contributed by atoms with Crippen LogP contribution < -0.4 is 5.73 Å². The molecule has 2 aromatic rings. The summed E-state index contributed by atoms with van der Waals surface area (Å²) >= 11 is 0. The van der Waals surface area contributed by atoms with E-state index in [-0.39, 0.29) is 12.3 Å². The normalized spacial score (nSPS) is 11.2. The van der Waals surface area contributed by atoms with Crippen LogP contribution in [0.25, 0.3) is 11.1 Å². The number of aromatic hydroxyl groups is 1. The third-order valence-corrected chi connectivity index (χ3v) is 1.94. The first-order valence-corrected chi connectivity index (χ1v) is 3.69. The van der Waals surface area contributed by atoms with Crippen molar-refractivity contribution in [3.63, 3.8) is 0 Å². The first kappa shape index (κ1) is 7.24. The lowest BCUT2D eigenvalue weighted by Gasteiger charge is -1.92. The Kier molecular flexibility index (Phi) is 1.38. The Bertz CT molecular complexity index is 414. The van der Waals surface area contributed by atoms with E-state index in [2.05, 4.69) is 0 Å². The molecule has 0 saturated heterocycles. The maximum Gasteiger partial charge on any atom is 0.183 e. The van der Waals surface area contributed by atoms with Crippen LogP contribution in [0.1, 0.15) is 5.76 Å². The van der Waals surface area contributed by atoms with Crippen molar-refractivity contribution in [2.75, 3.05) is 0 Å². The molecule has 12 heavy (non-hydrogen) atoms. The summed E-state index contributed by atoms with van der Waals surface area (Å²) in [7, 11) is 1.85. The minimum atomic E-state index is 0.153. The van der Waals surface area contributed by atoms with Crippen LogP contribution in [0.4, 0.5) is 0 Å². The SMILES string of the molecule is Cn1ccc2oc(CN)c(O)c21. The van der Waals surface area contributed by atoms with Gasteiger partial charge in [0.25, 0.3) is 0 Å². The summed E-state index contributed by atoms with van der Waals surface area (Å²) in [5.41, 5.74) is 6.74. The van der Waals surface area contributed by atoms with Crippen molar-refractivity contribution in [1.29, 1.82) is 0 Å². The van der Waals surface area contributed by atoms with Crippen LogP contribution in [-0.2, 0) is 13.6 Å². The van der Waals surface area contributed by atoms with Gasteiger partial charge in [0.2, 0.25) is 0 Å². The fourth-order valence-corrected chi connectivity index (χ4v) is 1.32. The second kappa shape index (κ2) is 2.28. The van der Waals surface area contributed by atoms with Gasteiger partial charge < -0.3 is 19.8 Å². The molecule has 0 bridgehead atoms. The van der Waals surface area contributed by atoms with Gasteiger partial charge in [0.1, 0.15) is 5.52 Å². The smallest absolute Gasteiger partial charge is 0.183 e. The average molecular weight is 166 g/mol. The standard InChI is InChI=1S/C8H10N2O2/c1-10-3-2-5-7(10)8(11)6(4-9)12-5/h2-3,11H,4,9H2,1H3. The lowest BCUT2D eigenvalue weighted by Crippen LogP contribution is -1.94. The Labute approximate surface area is 69.2 Å². The Morgan fingerprint density at radius 1 is 1.67 bits per heavy atom. The van der Waals surface area contributed by atoms with Crippen LogP contribution in [0.3, 0.4) is 0 Å². The molecule has 3 N–H and O–H groups in total. The molecular weight excluding hydrogens is 156 g/mol. The van der Waals surface area contributed by atoms with Gasteiger partial charge >= 0.3 is 0 Å². The second-order valence-corrected chi connectivity index (χ2v) is 2.72. The fourth-order valence-electron chi connectivity index (χ4n) is 1.32. The summed E-state index contributed by atoms with van der Waals surface area (Å²) in [5, 5.41) is 9.56. The summed E-state index contributed by atoms with van der Waals surface area (Å²) in [6.45, 7) is 0.223. The quantitative estimate of drug-likeness (QED) is 0.662. The highest BCUT2D eigenvalue weighted by molar-refractivity contribution is 5.82. The molecule has 4 nitrogen and oxygen atoms in total. The molecule has 4 heteroatoms. The number of nitrogens with zero attached hydrogens (tertiary/aromatic N) is 1. The highest BCUT2D eigenvalue weighted by Crippen LogP contribution is 2.31. The molecule has 64 valence electrons. The van der Waals surface area contributed by atoms with Crippen LogP contribution in [0.5, 0.6) is 5.75 Å². The van der Waals surface area contributed by atoms with E-state index in [1.54, 1.807) is 10.6 Å². The minimum absolute atomic E-state index is 0.153. The number of hydrogen-bond donors (Lipinski definition) is 2. The number of nitrogens with two attached hydrogens (primary N) is 1. The highest BCUT2D eigenvalue weighted by Gasteiger charge is 2.13. The van der Waals surface area contributed by atoms with E-state index in [1.165, 1.54) is 0 Å². The van der Waals surface area contributed by atoms with E-state index in [4.69, 9.17) is 10.2 Å². The van der Waals surface area contributed by atoms with Crippen molar-refractivity contribution in [2.45, 2.75) is 6.54 Å².